The van der Waals surface area contributed by atoms with E-state index in [-0.39, 0.29) is 5.97 Å². The van der Waals surface area contributed by atoms with E-state index in [4.69, 9.17) is 4.74 Å². The predicted molar refractivity (Wildman–Crippen MR) is 288 cm³/mol. The van der Waals surface area contributed by atoms with Gasteiger partial charge in [0.15, 0.2) is 5.82 Å². The molecule has 9 aromatic rings. The van der Waals surface area contributed by atoms with Gasteiger partial charge in [0.25, 0.3) is 0 Å². The highest BCUT2D eigenvalue weighted by Crippen LogP contribution is 2.31. The van der Waals surface area contributed by atoms with Gasteiger partial charge in [-0.05, 0) is 75.1 Å². The second kappa shape index (κ2) is 26.9. The van der Waals surface area contributed by atoms with Gasteiger partial charge in [0.05, 0.1) is 0 Å². The number of thiophene rings is 1. The van der Waals surface area contributed by atoms with Gasteiger partial charge >= 0.3 is 5.97 Å². The number of benzene rings is 5. The predicted octanol–water partition coefficient (Wildman–Crippen LogP) is 16.4. The van der Waals surface area contributed by atoms with Crippen LogP contribution < -0.4 is 4.74 Å². The summed E-state index contributed by atoms with van der Waals surface area (Å²) in [7, 11) is 0. The van der Waals surface area contributed by atoms with Crippen molar-refractivity contribution in [3.05, 3.63) is 184 Å². The summed E-state index contributed by atoms with van der Waals surface area (Å²) in [5.74, 6) is 0.899. The summed E-state index contributed by atoms with van der Waals surface area (Å²) < 4.78 is 5.50. The maximum Gasteiger partial charge on any atom is 0.353 e. The number of carbonyl (C=O) groups excluding carboxylic acids is 1. The molecule has 9 rings (SSSR count). The zero-order chi connectivity index (χ0) is 48.0. The number of esters is 1. The Balaban J connectivity index is 0.000000165. The summed E-state index contributed by atoms with van der Waals surface area (Å²) in [6.07, 6.45) is 17.8. The summed E-state index contributed by atoms with van der Waals surface area (Å²) in [6, 6.07) is 48.2. The maximum absolute atomic E-state index is 12.3. The quantitative estimate of drug-likeness (QED) is 0.0476. The number of hydrogen-bond acceptors (Lipinski definition) is 11. The zero-order valence-electron chi connectivity index (χ0n) is 40.0. The number of unbranched alkanes of at least 4 members (excludes halogenated alkanes) is 8. The normalized spacial score (nSPS) is 10.7. The van der Waals surface area contributed by atoms with Gasteiger partial charge in [-0.1, -0.05) is 208 Å². The number of hydrogen-bond donors (Lipinski definition) is 0. The number of aryl methyl sites for hydroxylation is 4. The van der Waals surface area contributed by atoms with Crippen LogP contribution in [0.2, 0.25) is 0 Å². The van der Waals surface area contributed by atoms with Gasteiger partial charge in [0.2, 0.25) is 0 Å². The Bertz CT molecular complexity index is 2760. The topological polar surface area (TPSA) is 104 Å². The first kappa shape index (κ1) is 50.3. The number of aromatic nitrogens is 6. The Morgan fingerprint density at radius 2 is 0.899 bits per heavy atom. The SMILES string of the molecule is CCCCCCCCCCCc1cnc(-c2ccc(OC(=O)c3ccc(CC)s3)cc2)nc1.Cc1ccc(-c2nnc(-c3ccccc3)s2)cc1.Cc1ccc(-c2nnc(-c3ccccc3)s2)cc1. The van der Waals surface area contributed by atoms with Crippen molar-refractivity contribution >= 4 is 40.0 Å². The van der Waals surface area contributed by atoms with Crippen molar-refractivity contribution in [3.8, 4) is 59.4 Å². The van der Waals surface area contributed by atoms with E-state index in [9.17, 15) is 4.79 Å². The van der Waals surface area contributed by atoms with Crippen LogP contribution in [0.4, 0.5) is 0 Å². The Morgan fingerprint density at radius 3 is 1.35 bits per heavy atom. The van der Waals surface area contributed by atoms with E-state index in [1.807, 2.05) is 73.1 Å². The molecular weight excluding hydrogens is 909 g/mol. The van der Waals surface area contributed by atoms with Crippen molar-refractivity contribution in [2.45, 2.75) is 98.3 Å². The molecule has 0 unspecified atom stereocenters. The molecule has 0 bridgehead atoms. The van der Waals surface area contributed by atoms with Crippen LogP contribution in [0.1, 0.15) is 103 Å². The van der Waals surface area contributed by atoms with Crippen LogP contribution in [0.25, 0.3) is 53.7 Å². The lowest BCUT2D eigenvalue weighted by molar-refractivity contribution is 0.0740. The summed E-state index contributed by atoms with van der Waals surface area (Å²) in [6.45, 7) is 8.50. The Kier molecular flexibility index (Phi) is 19.6. The van der Waals surface area contributed by atoms with E-state index >= 15 is 0 Å². The minimum absolute atomic E-state index is 0.315. The molecule has 0 aliphatic rings. The van der Waals surface area contributed by atoms with Crippen molar-refractivity contribution in [3.63, 3.8) is 0 Å². The second-order valence-electron chi connectivity index (χ2n) is 16.8. The third kappa shape index (κ3) is 15.8. The van der Waals surface area contributed by atoms with Crippen LogP contribution in [-0.2, 0) is 12.8 Å². The molecule has 0 radical (unpaired) electrons. The molecule has 0 saturated heterocycles. The van der Waals surface area contributed by atoms with Gasteiger partial charge in [-0.2, -0.15) is 0 Å². The number of nitrogens with zero attached hydrogens (tertiary/aromatic N) is 6. The Morgan fingerprint density at radius 1 is 0.464 bits per heavy atom. The van der Waals surface area contributed by atoms with Crippen LogP contribution in [0.3, 0.4) is 0 Å². The first-order valence-corrected chi connectivity index (χ1v) is 26.4. The Labute approximate surface area is 419 Å². The van der Waals surface area contributed by atoms with E-state index < -0.39 is 0 Å². The first-order valence-electron chi connectivity index (χ1n) is 24.0. The van der Waals surface area contributed by atoms with Gasteiger partial charge in [0.1, 0.15) is 30.7 Å². The lowest BCUT2D eigenvalue weighted by Crippen LogP contribution is -2.06. The monoisotopic (exact) mass is 968 g/mol. The first-order chi connectivity index (χ1) is 33.8. The van der Waals surface area contributed by atoms with Gasteiger partial charge in [-0.3, -0.25) is 0 Å². The molecule has 0 amide bonds. The van der Waals surface area contributed by atoms with Crippen LogP contribution in [0.15, 0.2) is 158 Å². The third-order valence-electron chi connectivity index (χ3n) is 11.3. The number of rotatable bonds is 18. The molecule has 8 nitrogen and oxygen atoms in total. The fourth-order valence-corrected chi connectivity index (χ4v) is 9.78. The molecule has 0 spiro atoms. The van der Waals surface area contributed by atoms with Crippen molar-refractivity contribution in [1.82, 2.24) is 30.4 Å². The highest BCUT2D eigenvalue weighted by molar-refractivity contribution is 7.18. The van der Waals surface area contributed by atoms with Crippen LogP contribution in [-0.4, -0.2) is 36.3 Å². The number of carbonyl (C=O) groups is 1. The smallest absolute Gasteiger partial charge is 0.353 e. The van der Waals surface area contributed by atoms with Crippen molar-refractivity contribution in [2.75, 3.05) is 0 Å². The molecule has 0 fully saturated rings. The molecule has 4 aromatic heterocycles. The standard InChI is InChI=1S/C28H36N2O2S.2C15H12N2S/c1-3-5-6-7-8-9-10-11-12-13-22-20-29-27(30-21-22)23-14-16-24(17-15-23)32-28(31)26-19-18-25(4-2)33-26;2*1-11-7-9-13(10-8-11)15-17-16-14(18-15)12-5-3-2-4-6-12/h14-21H,3-13H2,1-2H3;2*2-10H,1H3. The average molecular weight is 969 g/mol. The van der Waals surface area contributed by atoms with E-state index in [1.54, 1.807) is 34.8 Å². The molecule has 352 valence electrons. The van der Waals surface area contributed by atoms with Crippen LogP contribution in [0.5, 0.6) is 5.75 Å². The van der Waals surface area contributed by atoms with E-state index in [2.05, 4.69) is 131 Å². The molecular formula is C58H60N6O2S3. The molecule has 5 aromatic carbocycles. The molecule has 0 aliphatic carbocycles. The fourth-order valence-electron chi connectivity index (χ4n) is 7.25. The highest BCUT2D eigenvalue weighted by atomic mass is 32.1. The largest absolute Gasteiger partial charge is 0.422 e. The molecule has 69 heavy (non-hydrogen) atoms. The van der Waals surface area contributed by atoms with Gasteiger partial charge in [-0.25, -0.2) is 14.8 Å². The zero-order valence-corrected chi connectivity index (χ0v) is 42.5. The minimum Gasteiger partial charge on any atom is -0.422 e. The fraction of sp³-hybridized carbons (Fsp3) is 0.259. The van der Waals surface area contributed by atoms with E-state index in [1.165, 1.54) is 90.7 Å². The summed E-state index contributed by atoms with van der Waals surface area (Å²) in [4.78, 5) is 23.2. The molecule has 0 atom stereocenters. The number of ether oxygens (including phenoxy) is 1. The van der Waals surface area contributed by atoms with Crippen LogP contribution in [0, 0.1) is 13.8 Å². The maximum atomic E-state index is 12.3. The van der Waals surface area contributed by atoms with Gasteiger partial charge in [0, 0.05) is 45.1 Å². The van der Waals surface area contributed by atoms with Crippen molar-refractivity contribution in [2.24, 2.45) is 0 Å². The molecule has 0 saturated carbocycles. The molecule has 0 N–H and O–H groups in total. The van der Waals surface area contributed by atoms with E-state index in [0.29, 0.717) is 16.5 Å². The third-order valence-corrected chi connectivity index (χ3v) is 14.5. The summed E-state index contributed by atoms with van der Waals surface area (Å²) in [5, 5.41) is 20.9. The molecule has 0 aliphatic heterocycles. The van der Waals surface area contributed by atoms with Crippen molar-refractivity contribution in [1.29, 1.82) is 0 Å². The van der Waals surface area contributed by atoms with Gasteiger partial charge < -0.3 is 4.74 Å². The highest BCUT2D eigenvalue weighted by Gasteiger charge is 2.13. The minimum atomic E-state index is -0.315. The van der Waals surface area contributed by atoms with Gasteiger partial charge in [-0.15, -0.1) is 31.7 Å². The lowest BCUT2D eigenvalue weighted by Gasteiger charge is -2.06. The van der Waals surface area contributed by atoms with Crippen molar-refractivity contribution < 1.29 is 9.53 Å². The summed E-state index contributed by atoms with van der Waals surface area (Å²) in [5.41, 5.74) is 9.10. The second-order valence-corrected chi connectivity index (χ2v) is 19.9. The Hall–Kier alpha value is -6.53. The average Bonchev–Trinajstić information content (AvgIpc) is 4.21. The van der Waals surface area contributed by atoms with Crippen LogP contribution >= 0.6 is 34.0 Å². The molecule has 11 heteroatoms. The summed E-state index contributed by atoms with van der Waals surface area (Å²) >= 11 is 4.72. The van der Waals surface area contributed by atoms with E-state index in [0.717, 1.165) is 60.7 Å². The molecule has 4 heterocycles. The lowest BCUT2D eigenvalue weighted by atomic mass is 10.1.